The van der Waals surface area contributed by atoms with Crippen LogP contribution in [0.1, 0.15) is 18.1 Å². The topological polar surface area (TPSA) is 57.6 Å². The van der Waals surface area contributed by atoms with Gasteiger partial charge in [0.15, 0.2) is 5.76 Å². The van der Waals surface area contributed by atoms with E-state index in [0.29, 0.717) is 5.56 Å². The van der Waals surface area contributed by atoms with Gasteiger partial charge >= 0.3 is 0 Å². The lowest BCUT2D eigenvalue weighted by Crippen LogP contribution is -2.31. The molecule has 1 aromatic rings. The van der Waals surface area contributed by atoms with Gasteiger partial charge < -0.3 is 5.11 Å². The molecule has 0 aliphatic carbocycles. The Morgan fingerprint density at radius 2 is 1.71 bits per heavy atom. The summed E-state index contributed by atoms with van der Waals surface area (Å²) in [6.07, 6.45) is 0. The number of nitrogens with zero attached hydrogens (tertiary/aromatic N) is 1. The first-order valence-corrected chi connectivity index (χ1v) is 5.42. The largest absolute Gasteiger partial charge is 0.502 e. The SMILES string of the molecule is CCN1C(=O)C(O)=C(c2ccc(C)cc2)C1=O. The molecule has 88 valence electrons. The zero-order chi connectivity index (χ0) is 12.6. The van der Waals surface area contributed by atoms with Crippen molar-refractivity contribution >= 4 is 17.4 Å². The van der Waals surface area contributed by atoms with Gasteiger partial charge in [0.05, 0.1) is 5.57 Å². The first-order valence-electron chi connectivity index (χ1n) is 5.42. The maximum Gasteiger partial charge on any atom is 0.296 e. The maximum atomic E-state index is 11.9. The van der Waals surface area contributed by atoms with Crippen LogP contribution in [0, 0.1) is 6.92 Å². The average Bonchev–Trinajstić information content (AvgIpc) is 2.52. The fraction of sp³-hybridized carbons (Fsp3) is 0.231. The predicted octanol–water partition coefficient (Wildman–Crippen LogP) is 1.65. The summed E-state index contributed by atoms with van der Waals surface area (Å²) in [4.78, 5) is 24.6. The van der Waals surface area contributed by atoms with E-state index in [-0.39, 0.29) is 12.1 Å². The Morgan fingerprint density at radius 1 is 1.12 bits per heavy atom. The predicted molar refractivity (Wildman–Crippen MR) is 63.1 cm³/mol. The molecule has 2 amide bonds. The molecular weight excluding hydrogens is 218 g/mol. The van der Waals surface area contributed by atoms with Crippen LogP contribution in [-0.2, 0) is 9.59 Å². The van der Waals surface area contributed by atoms with Gasteiger partial charge in [-0.2, -0.15) is 0 Å². The molecule has 1 aliphatic rings. The Bertz CT molecular complexity index is 514. The monoisotopic (exact) mass is 231 g/mol. The Labute approximate surface area is 99.2 Å². The first kappa shape index (κ1) is 11.4. The number of rotatable bonds is 2. The highest BCUT2D eigenvalue weighted by Crippen LogP contribution is 2.27. The summed E-state index contributed by atoms with van der Waals surface area (Å²) in [7, 11) is 0. The summed E-state index contributed by atoms with van der Waals surface area (Å²) >= 11 is 0. The van der Waals surface area contributed by atoms with Crippen molar-refractivity contribution in [2.45, 2.75) is 13.8 Å². The van der Waals surface area contributed by atoms with Crippen LogP contribution >= 0.6 is 0 Å². The molecule has 0 unspecified atom stereocenters. The summed E-state index contributed by atoms with van der Waals surface area (Å²) in [6, 6.07) is 7.13. The van der Waals surface area contributed by atoms with Gasteiger partial charge in [-0.15, -0.1) is 0 Å². The van der Waals surface area contributed by atoms with Gasteiger partial charge in [-0.1, -0.05) is 29.8 Å². The standard InChI is InChI=1S/C13H13NO3/c1-3-14-12(16)10(11(15)13(14)17)9-6-4-8(2)5-7-9/h4-7,15H,3H2,1-2H3. The molecule has 4 nitrogen and oxygen atoms in total. The van der Waals surface area contributed by atoms with E-state index in [2.05, 4.69) is 0 Å². The van der Waals surface area contributed by atoms with Gasteiger partial charge in [0.1, 0.15) is 0 Å². The normalized spacial score (nSPS) is 16.0. The Hall–Kier alpha value is -2.10. The minimum absolute atomic E-state index is 0.0943. The zero-order valence-corrected chi connectivity index (χ0v) is 9.73. The van der Waals surface area contributed by atoms with Gasteiger partial charge in [-0.25, -0.2) is 0 Å². The van der Waals surface area contributed by atoms with Crippen LogP contribution in [0.15, 0.2) is 30.0 Å². The number of aliphatic hydroxyl groups is 1. The van der Waals surface area contributed by atoms with E-state index in [9.17, 15) is 14.7 Å². The lowest BCUT2D eigenvalue weighted by molar-refractivity contribution is -0.137. The highest BCUT2D eigenvalue weighted by Gasteiger charge is 2.37. The van der Waals surface area contributed by atoms with E-state index in [1.165, 1.54) is 0 Å². The number of benzene rings is 1. The third-order valence-electron chi connectivity index (χ3n) is 2.80. The van der Waals surface area contributed by atoms with E-state index in [4.69, 9.17) is 0 Å². The van der Waals surface area contributed by atoms with Crippen LogP contribution in [0.4, 0.5) is 0 Å². The molecule has 0 spiro atoms. The maximum absolute atomic E-state index is 11.9. The Balaban J connectivity index is 2.48. The smallest absolute Gasteiger partial charge is 0.296 e. The van der Waals surface area contributed by atoms with E-state index >= 15 is 0 Å². The Morgan fingerprint density at radius 3 is 2.18 bits per heavy atom. The van der Waals surface area contributed by atoms with Crippen molar-refractivity contribution in [1.82, 2.24) is 4.90 Å². The number of amides is 2. The summed E-state index contributed by atoms with van der Waals surface area (Å²) in [5.74, 6) is -1.51. The molecule has 0 fully saturated rings. The van der Waals surface area contributed by atoms with Crippen molar-refractivity contribution in [3.05, 3.63) is 41.2 Å². The number of imide groups is 1. The van der Waals surface area contributed by atoms with Crippen molar-refractivity contribution in [3.8, 4) is 0 Å². The van der Waals surface area contributed by atoms with Crippen molar-refractivity contribution in [2.75, 3.05) is 6.54 Å². The Kier molecular flexibility index (Phi) is 2.71. The molecule has 0 bridgehead atoms. The number of aliphatic hydroxyl groups excluding tert-OH is 1. The summed E-state index contributed by atoms with van der Waals surface area (Å²) in [5, 5.41) is 9.72. The lowest BCUT2D eigenvalue weighted by Gasteiger charge is -2.10. The van der Waals surface area contributed by atoms with Gasteiger partial charge in [0, 0.05) is 6.54 Å². The third-order valence-corrected chi connectivity index (χ3v) is 2.80. The van der Waals surface area contributed by atoms with Crippen molar-refractivity contribution < 1.29 is 14.7 Å². The van der Waals surface area contributed by atoms with Gasteiger partial charge in [0.2, 0.25) is 0 Å². The fourth-order valence-corrected chi connectivity index (χ4v) is 1.83. The van der Waals surface area contributed by atoms with Crippen LogP contribution in [0.3, 0.4) is 0 Å². The van der Waals surface area contributed by atoms with Crippen molar-refractivity contribution in [3.63, 3.8) is 0 Å². The fourth-order valence-electron chi connectivity index (χ4n) is 1.83. The summed E-state index contributed by atoms with van der Waals surface area (Å²) < 4.78 is 0. The molecule has 0 atom stereocenters. The second kappa shape index (κ2) is 4.05. The average molecular weight is 231 g/mol. The minimum Gasteiger partial charge on any atom is -0.502 e. The van der Waals surface area contributed by atoms with Crippen LogP contribution in [0.2, 0.25) is 0 Å². The first-order chi connectivity index (χ1) is 8.06. The lowest BCUT2D eigenvalue weighted by atomic mass is 10.0. The van der Waals surface area contributed by atoms with Gasteiger partial charge in [0.25, 0.3) is 11.8 Å². The zero-order valence-electron chi connectivity index (χ0n) is 9.73. The van der Waals surface area contributed by atoms with E-state index in [1.807, 2.05) is 19.1 Å². The molecule has 0 radical (unpaired) electrons. The number of hydrogen-bond donors (Lipinski definition) is 1. The van der Waals surface area contributed by atoms with Gasteiger partial charge in [-0.3, -0.25) is 14.5 Å². The molecule has 1 aromatic carbocycles. The van der Waals surface area contributed by atoms with E-state index < -0.39 is 17.6 Å². The van der Waals surface area contributed by atoms with Crippen molar-refractivity contribution in [2.24, 2.45) is 0 Å². The van der Waals surface area contributed by atoms with Crippen molar-refractivity contribution in [1.29, 1.82) is 0 Å². The highest BCUT2D eigenvalue weighted by atomic mass is 16.3. The van der Waals surface area contributed by atoms with Crippen LogP contribution < -0.4 is 0 Å². The molecule has 0 aromatic heterocycles. The summed E-state index contributed by atoms with van der Waals surface area (Å²) in [6.45, 7) is 3.89. The summed E-state index contributed by atoms with van der Waals surface area (Å²) in [5.41, 5.74) is 1.72. The minimum atomic E-state index is -0.618. The molecule has 0 saturated carbocycles. The van der Waals surface area contributed by atoms with Crippen LogP contribution in [0.25, 0.3) is 5.57 Å². The molecule has 1 N–H and O–H groups in total. The molecule has 1 heterocycles. The molecular formula is C13H13NO3. The molecule has 17 heavy (non-hydrogen) atoms. The van der Waals surface area contributed by atoms with E-state index in [0.717, 1.165) is 10.5 Å². The number of aryl methyl sites for hydroxylation is 1. The molecule has 1 aliphatic heterocycles. The van der Waals surface area contributed by atoms with Crippen LogP contribution in [-0.4, -0.2) is 28.4 Å². The van der Waals surface area contributed by atoms with Gasteiger partial charge in [-0.05, 0) is 19.4 Å². The van der Waals surface area contributed by atoms with E-state index in [1.54, 1.807) is 19.1 Å². The quantitative estimate of drug-likeness (QED) is 0.787. The second-order valence-corrected chi connectivity index (χ2v) is 3.94. The highest BCUT2D eigenvalue weighted by molar-refractivity contribution is 6.34. The molecule has 0 saturated heterocycles. The molecule has 2 rings (SSSR count). The number of carbonyl (C=O) groups is 2. The third kappa shape index (κ3) is 1.71. The second-order valence-electron chi connectivity index (χ2n) is 3.94. The molecule has 4 heteroatoms. The van der Waals surface area contributed by atoms with Crippen LogP contribution in [0.5, 0.6) is 0 Å². The number of hydrogen-bond acceptors (Lipinski definition) is 3. The number of likely N-dealkylation sites (N-methyl/N-ethyl adjacent to an activating group) is 1. The number of carbonyl (C=O) groups excluding carboxylic acids is 2.